The third-order valence-electron chi connectivity index (χ3n) is 9.54. The lowest BCUT2D eigenvalue weighted by Crippen LogP contribution is -2.63. The third-order valence-corrected chi connectivity index (χ3v) is 10.0. The molecular weight excluding hydrogens is 630 g/mol. The molecule has 0 spiro atoms. The van der Waals surface area contributed by atoms with E-state index in [9.17, 15) is 19.5 Å². The highest BCUT2D eigenvalue weighted by molar-refractivity contribution is 7.59. The minimum atomic E-state index is -1.73. The van der Waals surface area contributed by atoms with Crippen molar-refractivity contribution < 1.29 is 33.7 Å². The molecule has 10 nitrogen and oxygen atoms in total. The average Bonchev–Trinajstić information content (AvgIpc) is 3.66. The largest absolute Gasteiger partial charge is 0.446 e. The number of methoxy groups -OCH3 is 1. The van der Waals surface area contributed by atoms with Gasteiger partial charge in [-0.25, -0.2) is 4.79 Å². The summed E-state index contributed by atoms with van der Waals surface area (Å²) < 4.78 is 17.6. The molecule has 2 saturated heterocycles. The molecule has 46 heavy (non-hydrogen) atoms. The summed E-state index contributed by atoms with van der Waals surface area (Å²) in [4.78, 5) is 41.3. The lowest BCUT2D eigenvalue weighted by Gasteiger charge is -2.42. The molecule has 3 aliphatic heterocycles. The molecule has 4 bridgehead atoms. The number of carbonyl (C=O) groups excluding carboxylic acids is 3. The Balaban J connectivity index is 0.00000368. The van der Waals surface area contributed by atoms with Crippen LogP contribution >= 0.6 is 25.1 Å². The molecule has 2 amide bonds. The maximum Gasteiger partial charge on any atom is 0.409 e. The van der Waals surface area contributed by atoms with E-state index in [-0.39, 0.29) is 57.8 Å². The van der Waals surface area contributed by atoms with E-state index in [0.717, 1.165) is 16.7 Å². The molecule has 3 N–H and O–H groups in total. The first-order valence-corrected chi connectivity index (χ1v) is 15.5. The number of hydrogen-bond acceptors (Lipinski definition) is 8. The number of anilines is 1. The summed E-state index contributed by atoms with van der Waals surface area (Å²) in [6.45, 7) is 9.47. The number of nitrogens with zero attached hydrogens (tertiary/aromatic N) is 1. The topological polar surface area (TPSA) is 130 Å². The van der Waals surface area contributed by atoms with Crippen LogP contribution in [-0.4, -0.2) is 79.8 Å². The summed E-state index contributed by atoms with van der Waals surface area (Å²) in [7, 11) is 4.89. The predicted octanol–water partition coefficient (Wildman–Crippen LogP) is 4.99. The highest BCUT2D eigenvalue weighted by Gasteiger charge is 2.63. The van der Waals surface area contributed by atoms with Gasteiger partial charge in [0, 0.05) is 45.3 Å². The van der Waals surface area contributed by atoms with Gasteiger partial charge in [-0.1, -0.05) is 55.8 Å². The average molecular weight is 682 g/mol. The molecule has 3 aliphatic rings. The number of allylic oxidation sites excluding steroid dienone is 3. The number of rotatable bonds is 5. The number of ether oxygens (including phenoxy) is 3. The quantitative estimate of drug-likeness (QED) is 0.371. The number of halogens is 1. The number of benzene rings is 1. The molecule has 0 aromatic heterocycles. The van der Waals surface area contributed by atoms with E-state index >= 15 is 0 Å². The van der Waals surface area contributed by atoms with Crippen LogP contribution in [0.2, 0.25) is 5.02 Å². The van der Waals surface area contributed by atoms with Gasteiger partial charge in [-0.3, -0.25) is 14.9 Å². The molecule has 8 atom stereocenters. The molecule has 1 aromatic rings. The Morgan fingerprint density at radius 1 is 1.30 bits per heavy atom. The monoisotopic (exact) mass is 681 g/mol. The summed E-state index contributed by atoms with van der Waals surface area (Å²) in [6.07, 6.45) is 3.47. The molecule has 1 aromatic carbocycles. The minimum Gasteiger partial charge on any atom is -0.446 e. The third kappa shape index (κ3) is 8.35. The lowest BCUT2D eigenvalue weighted by atomic mass is 9.78. The number of alkyl carbamates (subject to hydrolysis) is 1. The van der Waals surface area contributed by atoms with Gasteiger partial charge < -0.3 is 29.5 Å². The van der Waals surface area contributed by atoms with Gasteiger partial charge in [0.2, 0.25) is 5.91 Å². The number of fused-ring (bicyclic) bond motifs is 5. The van der Waals surface area contributed by atoms with Crippen LogP contribution in [0.3, 0.4) is 0 Å². The lowest BCUT2D eigenvalue weighted by molar-refractivity contribution is -0.142. The van der Waals surface area contributed by atoms with Crippen molar-refractivity contribution in [1.82, 2.24) is 10.6 Å². The molecule has 0 aliphatic carbocycles. The maximum atomic E-state index is 13.9. The fraction of sp³-hybridized carbons (Fsp3) is 0.618. The van der Waals surface area contributed by atoms with Gasteiger partial charge >= 0.3 is 6.09 Å². The van der Waals surface area contributed by atoms with Crippen LogP contribution in [0.1, 0.15) is 65.5 Å². The van der Waals surface area contributed by atoms with E-state index in [1.165, 1.54) is 7.11 Å². The van der Waals surface area contributed by atoms with Gasteiger partial charge in [-0.2, -0.15) is 13.5 Å². The Kier molecular flexibility index (Phi) is 13.5. The highest BCUT2D eigenvalue weighted by Crippen LogP contribution is 2.51. The number of aryl methyl sites for hydroxylation is 1. The van der Waals surface area contributed by atoms with Crippen molar-refractivity contribution in [3.05, 3.63) is 52.1 Å². The molecule has 0 unspecified atom stereocenters. The summed E-state index contributed by atoms with van der Waals surface area (Å²) in [5.41, 5.74) is 0.867. The number of aliphatic hydroxyl groups is 1. The number of epoxide rings is 1. The van der Waals surface area contributed by atoms with Gasteiger partial charge in [0.1, 0.15) is 18.0 Å². The zero-order valence-corrected chi connectivity index (χ0v) is 29.2. The maximum absolute atomic E-state index is 13.9. The number of nitrogens with one attached hydrogen (secondary N) is 2. The van der Waals surface area contributed by atoms with Crippen molar-refractivity contribution in [3.63, 3.8) is 0 Å². The van der Waals surface area contributed by atoms with Crippen LogP contribution in [0.25, 0.3) is 0 Å². The minimum absolute atomic E-state index is 0. The number of Topliss-reactive ketones (excluding diaryl/α,β-unsaturated/α-hetero) is 1. The Hall–Kier alpha value is -2.41. The molecule has 2 fully saturated rings. The van der Waals surface area contributed by atoms with E-state index in [1.54, 1.807) is 38.1 Å². The van der Waals surface area contributed by atoms with E-state index in [4.69, 9.17) is 25.8 Å². The fourth-order valence-corrected chi connectivity index (χ4v) is 6.70. The number of ketones is 1. The van der Waals surface area contributed by atoms with Crippen molar-refractivity contribution in [1.29, 1.82) is 0 Å². The normalized spacial score (nSPS) is 33.9. The molecule has 3 heterocycles. The van der Waals surface area contributed by atoms with Crippen molar-refractivity contribution in [3.8, 4) is 0 Å². The number of hydrogen-bond donors (Lipinski definition) is 3. The van der Waals surface area contributed by atoms with Gasteiger partial charge in [0.15, 0.2) is 5.72 Å². The summed E-state index contributed by atoms with van der Waals surface area (Å²) in [6, 6.07) is 3.52. The van der Waals surface area contributed by atoms with Crippen LogP contribution in [0, 0.1) is 18.8 Å². The van der Waals surface area contributed by atoms with Gasteiger partial charge in [-0.05, 0) is 58.4 Å². The second kappa shape index (κ2) is 15.7. The zero-order chi connectivity index (χ0) is 32.6. The van der Waals surface area contributed by atoms with E-state index in [2.05, 4.69) is 10.6 Å². The van der Waals surface area contributed by atoms with Crippen LogP contribution in [0.4, 0.5) is 10.5 Å². The van der Waals surface area contributed by atoms with E-state index in [0.29, 0.717) is 17.1 Å². The zero-order valence-electron chi connectivity index (χ0n) is 27.4. The Labute approximate surface area is 285 Å². The molecule has 4 rings (SSSR count). The molecule has 258 valence electrons. The fourth-order valence-electron chi connectivity index (χ4n) is 6.46. The summed E-state index contributed by atoms with van der Waals surface area (Å²) in [5.74, 6) is -1.05. The second-order valence-electron chi connectivity index (χ2n) is 12.8. The van der Waals surface area contributed by atoms with E-state index < -0.39 is 47.7 Å². The first kappa shape index (κ1) is 39.8. The van der Waals surface area contributed by atoms with Crippen molar-refractivity contribution in [2.75, 3.05) is 26.1 Å². The van der Waals surface area contributed by atoms with Crippen molar-refractivity contribution in [2.45, 2.75) is 103 Å². The summed E-state index contributed by atoms with van der Waals surface area (Å²) in [5, 5.41) is 17.6. The predicted molar refractivity (Wildman–Crippen MR) is 186 cm³/mol. The van der Waals surface area contributed by atoms with Crippen LogP contribution in [-0.2, 0) is 30.2 Å². The van der Waals surface area contributed by atoms with Gasteiger partial charge in [0.05, 0.1) is 28.5 Å². The SMILES string of the molecule is C.CN[C@@H](C)C(=O)C[C@H]1CC(=O)N(C)c2cc(cc(C)c2Cl)C/C(C)=C/C=C/[C@@H](OC)[C@@]2(O)C[C@H](OC(=O)N2)[C@@H](C)[C@@H]2O[C@@]12C.S. The Bertz CT molecular complexity index is 1360. The summed E-state index contributed by atoms with van der Waals surface area (Å²) >= 11 is 6.73. The van der Waals surface area contributed by atoms with Crippen LogP contribution < -0.4 is 15.5 Å². The van der Waals surface area contributed by atoms with E-state index in [1.807, 2.05) is 45.9 Å². The van der Waals surface area contributed by atoms with Crippen LogP contribution in [0.15, 0.2) is 35.9 Å². The van der Waals surface area contributed by atoms with Crippen LogP contribution in [0.5, 0.6) is 0 Å². The van der Waals surface area contributed by atoms with Crippen molar-refractivity contribution in [2.24, 2.45) is 11.8 Å². The molecule has 0 radical (unpaired) electrons. The standard InChI is InChI=1S/C33H46ClN3O7.CH4.H2S/c1-18-10-9-11-27(42-8)33(41)17-26(43-31(40)36-33)20(3)30-32(5,44-30)23(15-25(38)21(4)35-6)16-28(39)37(7)24-14-22(12-18)13-19(2)29(24)34;;/h9-11,13-14,20-21,23,26-27,30,35,41H,12,15-17H2,1-8H3,(H,36,40);1H4;1H2/b11-9+,18-10+;;/t20-,21+,23+,26+,27-,30+,32+,33+;;/m1../s1. The van der Waals surface area contributed by atoms with Gasteiger partial charge in [0.25, 0.3) is 0 Å². The second-order valence-corrected chi connectivity index (χ2v) is 13.2. The van der Waals surface area contributed by atoms with Gasteiger partial charge in [-0.15, -0.1) is 0 Å². The molecular formula is C34H52ClN3O7S. The number of carbonyl (C=O) groups is 3. The highest BCUT2D eigenvalue weighted by atomic mass is 35.5. The number of likely N-dealkylation sites (N-methyl/N-ethyl adjacent to an activating group) is 1. The smallest absolute Gasteiger partial charge is 0.409 e. The Morgan fingerprint density at radius 2 is 1.98 bits per heavy atom. The first-order valence-electron chi connectivity index (χ1n) is 15.1. The number of amides is 2. The molecule has 12 heteroatoms. The Morgan fingerprint density at radius 3 is 2.61 bits per heavy atom. The molecule has 0 saturated carbocycles. The first-order chi connectivity index (χ1) is 20.6. The van der Waals surface area contributed by atoms with Crippen molar-refractivity contribution >= 4 is 48.6 Å².